The summed E-state index contributed by atoms with van der Waals surface area (Å²) in [5.74, 6) is -0.670. The maximum Gasteiger partial charge on any atom is 0.326 e. The normalized spacial score (nSPS) is 22.1. The van der Waals surface area contributed by atoms with Crippen LogP contribution < -0.4 is 5.73 Å². The topological polar surface area (TPSA) is 81.1 Å². The minimum atomic E-state index is -1.02. The van der Waals surface area contributed by atoms with Crippen LogP contribution in [0.3, 0.4) is 0 Å². The van der Waals surface area contributed by atoms with Crippen molar-refractivity contribution in [2.24, 2.45) is 5.73 Å². The summed E-state index contributed by atoms with van der Waals surface area (Å²) in [6.45, 7) is 3.00. The number of aromatic nitrogens is 2. The van der Waals surface area contributed by atoms with E-state index in [2.05, 4.69) is 11.9 Å². The number of carbonyl (C=O) groups is 1. The molecule has 1 aliphatic rings. The Hall–Kier alpha value is -1.36. The van der Waals surface area contributed by atoms with Crippen LogP contribution in [0.4, 0.5) is 0 Å². The zero-order valence-electron chi connectivity index (χ0n) is 8.68. The molecule has 3 N–H and O–H groups in total. The van der Waals surface area contributed by atoms with Gasteiger partial charge >= 0.3 is 5.97 Å². The SMILES string of the molecule is CC1CCCn2cnc(C(N)C(=O)O)c21. The molecular weight excluding hydrogens is 194 g/mol. The van der Waals surface area contributed by atoms with Gasteiger partial charge in [0.05, 0.1) is 12.0 Å². The largest absolute Gasteiger partial charge is 0.480 e. The maximum atomic E-state index is 10.8. The van der Waals surface area contributed by atoms with Gasteiger partial charge in [-0.15, -0.1) is 0 Å². The molecule has 2 atom stereocenters. The van der Waals surface area contributed by atoms with Crippen molar-refractivity contribution in [2.45, 2.75) is 38.3 Å². The van der Waals surface area contributed by atoms with Crippen molar-refractivity contribution in [2.75, 3.05) is 0 Å². The van der Waals surface area contributed by atoms with Crippen LogP contribution in [0.25, 0.3) is 0 Å². The predicted octanol–water partition coefficient (Wildman–Crippen LogP) is 0.865. The lowest BCUT2D eigenvalue weighted by molar-refractivity contribution is -0.138. The molecule has 0 amide bonds. The van der Waals surface area contributed by atoms with Gasteiger partial charge in [-0.2, -0.15) is 0 Å². The van der Waals surface area contributed by atoms with Crippen LogP contribution in [-0.2, 0) is 11.3 Å². The number of nitrogens with two attached hydrogens (primary N) is 1. The Bertz CT molecular complexity index is 386. The van der Waals surface area contributed by atoms with Crippen LogP contribution in [0, 0.1) is 0 Å². The van der Waals surface area contributed by atoms with Crippen molar-refractivity contribution >= 4 is 5.97 Å². The van der Waals surface area contributed by atoms with Crippen molar-refractivity contribution in [3.05, 3.63) is 17.7 Å². The van der Waals surface area contributed by atoms with Gasteiger partial charge in [0.1, 0.15) is 6.04 Å². The summed E-state index contributed by atoms with van der Waals surface area (Å²) in [5.41, 5.74) is 7.11. The van der Waals surface area contributed by atoms with Gasteiger partial charge < -0.3 is 15.4 Å². The van der Waals surface area contributed by atoms with Crippen molar-refractivity contribution in [3.63, 3.8) is 0 Å². The predicted molar refractivity (Wildman–Crippen MR) is 54.4 cm³/mol. The zero-order valence-corrected chi connectivity index (χ0v) is 8.68. The van der Waals surface area contributed by atoms with Gasteiger partial charge in [-0.25, -0.2) is 4.98 Å². The van der Waals surface area contributed by atoms with Crippen LogP contribution in [-0.4, -0.2) is 20.6 Å². The molecule has 15 heavy (non-hydrogen) atoms. The summed E-state index contributed by atoms with van der Waals surface area (Å²) in [4.78, 5) is 14.9. The molecule has 0 bridgehead atoms. The third-order valence-corrected chi connectivity index (χ3v) is 2.97. The molecule has 2 heterocycles. The minimum Gasteiger partial charge on any atom is -0.480 e. The van der Waals surface area contributed by atoms with E-state index in [0.29, 0.717) is 11.6 Å². The molecule has 0 radical (unpaired) electrons. The van der Waals surface area contributed by atoms with Gasteiger partial charge in [0, 0.05) is 12.2 Å². The van der Waals surface area contributed by atoms with E-state index in [9.17, 15) is 4.79 Å². The second-order valence-corrected chi connectivity index (χ2v) is 4.07. The average Bonchev–Trinajstić information content (AvgIpc) is 2.61. The van der Waals surface area contributed by atoms with E-state index in [1.807, 2.05) is 4.57 Å². The lowest BCUT2D eigenvalue weighted by Gasteiger charge is -2.22. The van der Waals surface area contributed by atoms with E-state index in [-0.39, 0.29) is 0 Å². The molecule has 0 aromatic carbocycles. The Morgan fingerprint density at radius 3 is 3.20 bits per heavy atom. The summed E-state index contributed by atoms with van der Waals surface area (Å²) in [5, 5.41) is 8.87. The fraction of sp³-hybridized carbons (Fsp3) is 0.600. The van der Waals surface area contributed by atoms with Gasteiger partial charge in [-0.1, -0.05) is 6.92 Å². The van der Waals surface area contributed by atoms with Crippen molar-refractivity contribution in [1.29, 1.82) is 0 Å². The lowest BCUT2D eigenvalue weighted by atomic mass is 9.94. The number of nitrogens with zero attached hydrogens (tertiary/aromatic N) is 2. The Morgan fingerprint density at radius 2 is 2.53 bits per heavy atom. The first kappa shape index (κ1) is 10.2. The smallest absolute Gasteiger partial charge is 0.326 e. The second kappa shape index (κ2) is 3.66. The fourth-order valence-corrected chi connectivity index (χ4v) is 2.18. The highest BCUT2D eigenvalue weighted by Crippen LogP contribution is 2.31. The molecule has 1 aromatic rings. The minimum absolute atomic E-state index is 0.349. The maximum absolute atomic E-state index is 10.8. The molecule has 0 spiro atoms. The molecule has 2 unspecified atom stereocenters. The number of rotatable bonds is 2. The number of fused-ring (bicyclic) bond motifs is 1. The quantitative estimate of drug-likeness (QED) is 0.757. The molecule has 2 rings (SSSR count). The number of imidazole rings is 1. The average molecular weight is 209 g/mol. The first-order valence-corrected chi connectivity index (χ1v) is 5.14. The van der Waals surface area contributed by atoms with Crippen LogP contribution in [0.15, 0.2) is 6.33 Å². The Kier molecular flexibility index (Phi) is 2.48. The summed E-state index contributed by atoms with van der Waals surface area (Å²) < 4.78 is 2.02. The highest BCUT2D eigenvalue weighted by atomic mass is 16.4. The summed E-state index contributed by atoms with van der Waals surface area (Å²) >= 11 is 0. The van der Waals surface area contributed by atoms with E-state index in [0.717, 1.165) is 25.1 Å². The Morgan fingerprint density at radius 1 is 1.80 bits per heavy atom. The molecule has 82 valence electrons. The zero-order chi connectivity index (χ0) is 11.0. The number of carboxylic acids is 1. The summed E-state index contributed by atoms with van der Waals surface area (Å²) in [7, 11) is 0. The number of carboxylic acid groups (broad SMARTS) is 1. The first-order valence-electron chi connectivity index (χ1n) is 5.14. The molecule has 0 saturated heterocycles. The van der Waals surface area contributed by atoms with Gasteiger partial charge in [-0.3, -0.25) is 4.79 Å². The van der Waals surface area contributed by atoms with E-state index in [1.165, 1.54) is 0 Å². The van der Waals surface area contributed by atoms with E-state index in [1.54, 1.807) is 6.33 Å². The molecule has 0 saturated carbocycles. The van der Waals surface area contributed by atoms with Gasteiger partial charge in [0.2, 0.25) is 0 Å². The third-order valence-electron chi connectivity index (χ3n) is 2.97. The van der Waals surface area contributed by atoms with Crippen molar-refractivity contribution < 1.29 is 9.90 Å². The number of hydrogen-bond donors (Lipinski definition) is 2. The van der Waals surface area contributed by atoms with Crippen LogP contribution in [0.5, 0.6) is 0 Å². The molecule has 0 aliphatic carbocycles. The van der Waals surface area contributed by atoms with Gasteiger partial charge in [0.25, 0.3) is 0 Å². The Labute approximate surface area is 87.9 Å². The number of aryl methyl sites for hydroxylation is 1. The molecular formula is C10H15N3O2. The van der Waals surface area contributed by atoms with E-state index < -0.39 is 12.0 Å². The second-order valence-electron chi connectivity index (χ2n) is 4.07. The standard InChI is InChI=1S/C10H15N3O2/c1-6-3-2-4-13-5-12-8(9(6)13)7(11)10(14)15/h5-7H,2-4,11H2,1H3,(H,14,15). The molecule has 1 aliphatic heterocycles. The highest BCUT2D eigenvalue weighted by Gasteiger charge is 2.27. The van der Waals surface area contributed by atoms with Crippen LogP contribution in [0.2, 0.25) is 0 Å². The highest BCUT2D eigenvalue weighted by molar-refractivity contribution is 5.75. The third kappa shape index (κ3) is 1.63. The van der Waals surface area contributed by atoms with Crippen molar-refractivity contribution in [3.8, 4) is 0 Å². The molecule has 5 heteroatoms. The number of hydrogen-bond acceptors (Lipinski definition) is 3. The molecule has 5 nitrogen and oxygen atoms in total. The van der Waals surface area contributed by atoms with Gasteiger partial charge in [0.15, 0.2) is 0 Å². The summed E-state index contributed by atoms with van der Waals surface area (Å²) in [6.07, 6.45) is 3.89. The molecule has 0 fully saturated rings. The van der Waals surface area contributed by atoms with Crippen molar-refractivity contribution in [1.82, 2.24) is 9.55 Å². The van der Waals surface area contributed by atoms with E-state index in [4.69, 9.17) is 10.8 Å². The summed E-state index contributed by atoms with van der Waals surface area (Å²) in [6, 6.07) is -0.998. The first-order chi connectivity index (χ1) is 7.11. The molecule has 1 aromatic heterocycles. The van der Waals surface area contributed by atoms with E-state index >= 15 is 0 Å². The monoisotopic (exact) mass is 209 g/mol. The van der Waals surface area contributed by atoms with Crippen LogP contribution in [0.1, 0.15) is 43.1 Å². The lowest BCUT2D eigenvalue weighted by Crippen LogP contribution is -2.24. The Balaban J connectivity index is 2.41. The fourth-order valence-electron chi connectivity index (χ4n) is 2.18. The number of aliphatic carboxylic acids is 1. The van der Waals surface area contributed by atoms with Gasteiger partial charge in [-0.05, 0) is 18.8 Å². The van der Waals surface area contributed by atoms with Crippen LogP contribution >= 0.6 is 0 Å².